The van der Waals surface area contributed by atoms with E-state index in [1.54, 1.807) is 18.7 Å². The Bertz CT molecular complexity index is 410. The van der Waals surface area contributed by atoms with Crippen LogP contribution in [0.5, 0.6) is 0 Å². The number of hydrogen-bond donors (Lipinski definition) is 1. The number of nitrogens with zero attached hydrogens (tertiary/aromatic N) is 4. The van der Waals surface area contributed by atoms with Crippen molar-refractivity contribution in [2.45, 2.75) is 13.5 Å². The summed E-state index contributed by atoms with van der Waals surface area (Å²) in [6.07, 6.45) is 7.26. The van der Waals surface area contributed by atoms with Crippen molar-refractivity contribution in [1.82, 2.24) is 19.5 Å². The normalized spacial score (nSPS) is 10.2. The summed E-state index contributed by atoms with van der Waals surface area (Å²) in [6.45, 7) is 3.58. The first-order chi connectivity index (χ1) is 7.34. The van der Waals surface area contributed by atoms with Gasteiger partial charge in [0.2, 0.25) is 0 Å². The average Bonchev–Trinajstić information content (AvgIpc) is 2.71. The van der Waals surface area contributed by atoms with Gasteiger partial charge in [0.25, 0.3) is 0 Å². The number of aromatic nitrogens is 4. The highest BCUT2D eigenvalue weighted by molar-refractivity contribution is 5.32. The van der Waals surface area contributed by atoms with Gasteiger partial charge in [-0.3, -0.25) is 0 Å². The smallest absolute Gasteiger partial charge is 0.129 e. The van der Waals surface area contributed by atoms with Crippen molar-refractivity contribution >= 4 is 5.82 Å². The van der Waals surface area contributed by atoms with Gasteiger partial charge < -0.3 is 9.88 Å². The number of imidazole rings is 1. The minimum Gasteiger partial charge on any atom is -0.368 e. The summed E-state index contributed by atoms with van der Waals surface area (Å²) in [4.78, 5) is 12.2. The summed E-state index contributed by atoms with van der Waals surface area (Å²) in [5.41, 5.74) is 0. The van der Waals surface area contributed by atoms with Crippen molar-refractivity contribution in [2.75, 3.05) is 11.9 Å². The summed E-state index contributed by atoms with van der Waals surface area (Å²) in [5, 5.41) is 3.22. The van der Waals surface area contributed by atoms with Gasteiger partial charge in [-0.25, -0.2) is 15.0 Å². The molecule has 0 spiro atoms. The lowest BCUT2D eigenvalue weighted by Gasteiger charge is -2.05. The van der Waals surface area contributed by atoms with Crippen molar-refractivity contribution < 1.29 is 0 Å². The van der Waals surface area contributed by atoms with Gasteiger partial charge in [0.15, 0.2) is 0 Å². The molecule has 1 N–H and O–H groups in total. The van der Waals surface area contributed by atoms with Crippen LogP contribution in [-0.2, 0) is 6.54 Å². The lowest BCUT2D eigenvalue weighted by atomic mass is 10.5. The van der Waals surface area contributed by atoms with Crippen LogP contribution in [0.15, 0.2) is 31.0 Å². The zero-order valence-electron chi connectivity index (χ0n) is 8.59. The minimum atomic E-state index is 0.780. The molecule has 2 aromatic heterocycles. The maximum atomic E-state index is 4.24. The van der Waals surface area contributed by atoms with Crippen molar-refractivity contribution in [3.8, 4) is 0 Å². The predicted molar refractivity (Wildman–Crippen MR) is 57.5 cm³/mol. The van der Waals surface area contributed by atoms with Gasteiger partial charge >= 0.3 is 0 Å². The quantitative estimate of drug-likeness (QED) is 0.808. The third-order valence-electron chi connectivity index (χ3n) is 2.01. The summed E-state index contributed by atoms with van der Waals surface area (Å²) in [5.74, 6) is 1.64. The van der Waals surface area contributed by atoms with Crippen molar-refractivity contribution in [3.05, 3.63) is 36.8 Å². The molecule has 15 heavy (non-hydrogen) atoms. The number of hydrogen-bond acceptors (Lipinski definition) is 4. The van der Waals surface area contributed by atoms with Crippen LogP contribution in [-0.4, -0.2) is 26.1 Å². The van der Waals surface area contributed by atoms with Crippen LogP contribution < -0.4 is 5.32 Å². The van der Waals surface area contributed by atoms with E-state index in [2.05, 4.69) is 20.3 Å². The average molecular weight is 203 g/mol. The second-order valence-corrected chi connectivity index (χ2v) is 3.22. The van der Waals surface area contributed by atoms with E-state index in [1.807, 2.05) is 23.8 Å². The summed E-state index contributed by atoms with van der Waals surface area (Å²) in [7, 11) is 0. The van der Waals surface area contributed by atoms with Crippen LogP contribution in [0.25, 0.3) is 0 Å². The fraction of sp³-hybridized carbons (Fsp3) is 0.300. The second kappa shape index (κ2) is 4.54. The van der Waals surface area contributed by atoms with Crippen LogP contribution in [0.3, 0.4) is 0 Å². The third kappa shape index (κ3) is 2.77. The van der Waals surface area contributed by atoms with Crippen molar-refractivity contribution in [1.29, 1.82) is 0 Å². The summed E-state index contributed by atoms with van der Waals surface area (Å²) >= 11 is 0. The Morgan fingerprint density at radius 1 is 1.40 bits per heavy atom. The van der Waals surface area contributed by atoms with E-state index in [1.165, 1.54) is 0 Å². The SMILES string of the molecule is Cc1nccc(NCCn2ccnc2)n1. The van der Waals surface area contributed by atoms with Crippen LogP contribution >= 0.6 is 0 Å². The lowest BCUT2D eigenvalue weighted by molar-refractivity contribution is 0.724. The number of anilines is 1. The predicted octanol–water partition coefficient (Wildman–Crippen LogP) is 1.09. The van der Waals surface area contributed by atoms with E-state index in [0.29, 0.717) is 0 Å². The minimum absolute atomic E-state index is 0.780. The molecule has 0 aromatic carbocycles. The van der Waals surface area contributed by atoms with Crippen molar-refractivity contribution in [2.24, 2.45) is 0 Å². The van der Waals surface area contributed by atoms with Crippen LogP contribution in [0.4, 0.5) is 5.82 Å². The highest BCUT2D eigenvalue weighted by Gasteiger charge is 1.94. The van der Waals surface area contributed by atoms with Gasteiger partial charge in [0, 0.05) is 31.7 Å². The number of aryl methyl sites for hydroxylation is 1. The molecule has 0 unspecified atom stereocenters. The highest BCUT2D eigenvalue weighted by atomic mass is 15.1. The molecule has 0 fully saturated rings. The molecule has 0 bridgehead atoms. The highest BCUT2D eigenvalue weighted by Crippen LogP contribution is 2.00. The standard InChI is InChI=1S/C10H13N5/c1-9-12-3-2-10(14-9)13-5-7-15-6-4-11-8-15/h2-4,6,8H,5,7H2,1H3,(H,12,13,14). The number of nitrogens with one attached hydrogen (secondary N) is 1. The van der Waals surface area contributed by atoms with Crippen molar-refractivity contribution in [3.63, 3.8) is 0 Å². The Labute approximate surface area is 88.2 Å². The third-order valence-corrected chi connectivity index (χ3v) is 2.01. The molecular formula is C10H13N5. The van der Waals surface area contributed by atoms with Crippen LogP contribution in [0, 0.1) is 6.92 Å². The zero-order valence-corrected chi connectivity index (χ0v) is 8.59. The lowest BCUT2D eigenvalue weighted by Crippen LogP contribution is -2.10. The molecule has 2 aromatic rings. The first-order valence-electron chi connectivity index (χ1n) is 4.84. The molecular weight excluding hydrogens is 190 g/mol. The fourth-order valence-electron chi connectivity index (χ4n) is 1.29. The first-order valence-corrected chi connectivity index (χ1v) is 4.84. The molecule has 2 heterocycles. The van der Waals surface area contributed by atoms with E-state index in [0.717, 1.165) is 24.7 Å². The maximum Gasteiger partial charge on any atom is 0.129 e. The number of rotatable bonds is 4. The molecule has 0 amide bonds. The fourth-order valence-corrected chi connectivity index (χ4v) is 1.29. The molecule has 0 saturated heterocycles. The Kier molecular flexibility index (Phi) is 2.92. The Morgan fingerprint density at radius 3 is 3.07 bits per heavy atom. The van der Waals surface area contributed by atoms with Gasteiger partial charge in [0.1, 0.15) is 11.6 Å². The van der Waals surface area contributed by atoms with E-state index in [9.17, 15) is 0 Å². The monoisotopic (exact) mass is 203 g/mol. The molecule has 2 rings (SSSR count). The molecule has 0 radical (unpaired) electrons. The molecule has 0 aliphatic heterocycles. The summed E-state index contributed by atoms with van der Waals surface area (Å²) < 4.78 is 2.01. The Hall–Kier alpha value is -1.91. The van der Waals surface area contributed by atoms with Gasteiger partial charge in [-0.1, -0.05) is 0 Å². The van der Waals surface area contributed by atoms with E-state index in [4.69, 9.17) is 0 Å². The van der Waals surface area contributed by atoms with Crippen LogP contribution in [0.1, 0.15) is 5.82 Å². The first kappa shape index (κ1) is 9.64. The van der Waals surface area contributed by atoms with Gasteiger partial charge in [-0.05, 0) is 13.0 Å². The maximum absolute atomic E-state index is 4.24. The molecule has 5 heteroatoms. The van der Waals surface area contributed by atoms with E-state index < -0.39 is 0 Å². The summed E-state index contributed by atoms with van der Waals surface area (Å²) in [6, 6.07) is 1.86. The van der Waals surface area contributed by atoms with Gasteiger partial charge in [-0.2, -0.15) is 0 Å². The van der Waals surface area contributed by atoms with Gasteiger partial charge in [-0.15, -0.1) is 0 Å². The topological polar surface area (TPSA) is 55.6 Å². The van der Waals surface area contributed by atoms with Crippen LogP contribution in [0.2, 0.25) is 0 Å². The Balaban J connectivity index is 1.83. The molecule has 0 saturated carbocycles. The molecule has 0 aliphatic carbocycles. The molecule has 0 aliphatic rings. The van der Waals surface area contributed by atoms with E-state index in [-0.39, 0.29) is 0 Å². The molecule has 5 nitrogen and oxygen atoms in total. The molecule has 0 atom stereocenters. The van der Waals surface area contributed by atoms with E-state index >= 15 is 0 Å². The largest absolute Gasteiger partial charge is 0.368 e. The second-order valence-electron chi connectivity index (χ2n) is 3.22. The Morgan fingerprint density at radius 2 is 2.33 bits per heavy atom. The molecule has 78 valence electrons. The van der Waals surface area contributed by atoms with Gasteiger partial charge in [0.05, 0.1) is 6.33 Å². The zero-order chi connectivity index (χ0) is 10.5.